The standard InChI is InChI=1S/C24H23N5O/c1-16-12-17-6-2-5-9-22(17)29(16)24(30)21-14-28-23(15-27-21)25-11-10-18-13-26-20-8-4-3-7-19(18)20/h2-9,13-16,26H,10-12H2,1H3,(H,25,28). The smallest absolute Gasteiger partial charge is 0.278 e. The Bertz CT molecular complexity index is 1200. The van der Waals surface area contributed by atoms with E-state index in [1.807, 2.05) is 35.2 Å². The van der Waals surface area contributed by atoms with Crippen molar-refractivity contribution in [2.45, 2.75) is 25.8 Å². The van der Waals surface area contributed by atoms with Crippen molar-refractivity contribution in [2.75, 3.05) is 16.8 Å². The molecule has 2 aromatic carbocycles. The van der Waals surface area contributed by atoms with Gasteiger partial charge in [0.2, 0.25) is 0 Å². The van der Waals surface area contributed by atoms with Gasteiger partial charge in [-0.1, -0.05) is 36.4 Å². The van der Waals surface area contributed by atoms with Crippen LogP contribution in [0.2, 0.25) is 0 Å². The van der Waals surface area contributed by atoms with Crippen LogP contribution in [-0.4, -0.2) is 33.4 Å². The Balaban J connectivity index is 1.24. The van der Waals surface area contributed by atoms with E-state index < -0.39 is 0 Å². The number of hydrogen-bond acceptors (Lipinski definition) is 4. The first-order valence-electron chi connectivity index (χ1n) is 10.2. The van der Waals surface area contributed by atoms with E-state index in [2.05, 4.69) is 51.6 Å². The molecule has 0 bridgehead atoms. The van der Waals surface area contributed by atoms with Gasteiger partial charge in [-0.3, -0.25) is 4.79 Å². The van der Waals surface area contributed by atoms with Crippen LogP contribution in [0.3, 0.4) is 0 Å². The van der Waals surface area contributed by atoms with Gasteiger partial charge < -0.3 is 15.2 Å². The van der Waals surface area contributed by atoms with Gasteiger partial charge in [0.1, 0.15) is 11.5 Å². The van der Waals surface area contributed by atoms with E-state index in [0.717, 1.165) is 30.6 Å². The Hall–Kier alpha value is -3.67. The number of nitrogens with one attached hydrogen (secondary N) is 2. The van der Waals surface area contributed by atoms with Gasteiger partial charge in [-0.25, -0.2) is 9.97 Å². The van der Waals surface area contributed by atoms with Crippen molar-refractivity contribution in [3.05, 3.63) is 83.9 Å². The topological polar surface area (TPSA) is 73.9 Å². The Morgan fingerprint density at radius 1 is 1.13 bits per heavy atom. The number of rotatable bonds is 5. The molecule has 6 nitrogen and oxygen atoms in total. The average Bonchev–Trinajstić information content (AvgIpc) is 3.34. The van der Waals surface area contributed by atoms with E-state index in [-0.39, 0.29) is 11.9 Å². The summed E-state index contributed by atoms with van der Waals surface area (Å²) in [7, 11) is 0. The molecule has 1 aliphatic heterocycles. The molecule has 6 heteroatoms. The molecule has 0 spiro atoms. The highest BCUT2D eigenvalue weighted by molar-refractivity contribution is 6.06. The number of amides is 1. The number of fused-ring (bicyclic) bond motifs is 2. The number of aromatic amines is 1. The molecule has 1 aliphatic rings. The molecule has 0 fully saturated rings. The van der Waals surface area contributed by atoms with Crippen LogP contribution in [0.15, 0.2) is 67.1 Å². The van der Waals surface area contributed by atoms with Crippen molar-refractivity contribution < 1.29 is 4.79 Å². The number of carbonyl (C=O) groups is 1. The highest BCUT2D eigenvalue weighted by Crippen LogP contribution is 2.32. The zero-order valence-electron chi connectivity index (χ0n) is 16.8. The molecule has 2 N–H and O–H groups in total. The highest BCUT2D eigenvalue weighted by atomic mass is 16.2. The SMILES string of the molecule is CC1Cc2ccccc2N1C(=O)c1cnc(NCCc2c[nH]c3ccccc23)cn1. The zero-order chi connectivity index (χ0) is 20.5. The Labute approximate surface area is 175 Å². The molecule has 1 unspecified atom stereocenters. The van der Waals surface area contributed by atoms with E-state index in [1.165, 1.54) is 16.5 Å². The molecular weight excluding hydrogens is 374 g/mol. The minimum atomic E-state index is -0.106. The average molecular weight is 397 g/mol. The molecule has 3 heterocycles. The van der Waals surface area contributed by atoms with Gasteiger partial charge in [0.15, 0.2) is 0 Å². The first-order chi connectivity index (χ1) is 14.7. The predicted octanol–water partition coefficient (Wildman–Crippen LogP) is 4.20. The number of carbonyl (C=O) groups excluding carboxylic acids is 1. The Kier molecular flexibility index (Phi) is 4.67. The number of nitrogens with zero attached hydrogens (tertiary/aromatic N) is 3. The lowest BCUT2D eigenvalue weighted by atomic mass is 10.1. The molecule has 0 aliphatic carbocycles. The van der Waals surface area contributed by atoms with Crippen molar-refractivity contribution in [2.24, 2.45) is 0 Å². The van der Waals surface area contributed by atoms with E-state index in [9.17, 15) is 4.79 Å². The van der Waals surface area contributed by atoms with Gasteiger partial charge in [-0.2, -0.15) is 0 Å². The number of benzene rings is 2. The predicted molar refractivity (Wildman–Crippen MR) is 119 cm³/mol. The summed E-state index contributed by atoms with van der Waals surface area (Å²) in [5.74, 6) is 0.562. The Morgan fingerprint density at radius 2 is 1.97 bits per heavy atom. The van der Waals surface area contributed by atoms with Crippen molar-refractivity contribution >= 4 is 28.3 Å². The molecule has 30 heavy (non-hydrogen) atoms. The van der Waals surface area contributed by atoms with Crippen LogP contribution in [0.5, 0.6) is 0 Å². The van der Waals surface area contributed by atoms with Crippen LogP contribution in [0, 0.1) is 0 Å². The zero-order valence-corrected chi connectivity index (χ0v) is 16.8. The van der Waals surface area contributed by atoms with Crippen molar-refractivity contribution in [1.29, 1.82) is 0 Å². The normalized spacial score (nSPS) is 15.4. The van der Waals surface area contributed by atoms with Gasteiger partial charge in [-0.05, 0) is 43.0 Å². The minimum absolute atomic E-state index is 0.106. The van der Waals surface area contributed by atoms with E-state index in [1.54, 1.807) is 12.4 Å². The second kappa shape index (κ2) is 7.63. The fourth-order valence-corrected chi connectivity index (χ4v) is 4.19. The summed E-state index contributed by atoms with van der Waals surface area (Å²) in [4.78, 5) is 26.9. The maximum Gasteiger partial charge on any atom is 0.278 e. The van der Waals surface area contributed by atoms with E-state index in [0.29, 0.717) is 11.5 Å². The summed E-state index contributed by atoms with van der Waals surface area (Å²) in [5, 5.41) is 4.54. The van der Waals surface area contributed by atoms with E-state index >= 15 is 0 Å². The third-order valence-corrected chi connectivity index (χ3v) is 5.67. The molecule has 4 aromatic rings. The second-order valence-corrected chi connectivity index (χ2v) is 7.68. The molecule has 0 radical (unpaired) electrons. The first kappa shape index (κ1) is 18.4. The monoisotopic (exact) mass is 397 g/mol. The first-order valence-corrected chi connectivity index (χ1v) is 10.2. The summed E-state index contributed by atoms with van der Waals surface area (Å²) in [6, 6.07) is 16.4. The van der Waals surface area contributed by atoms with E-state index in [4.69, 9.17) is 0 Å². The minimum Gasteiger partial charge on any atom is -0.368 e. The van der Waals surface area contributed by atoms with Crippen molar-refractivity contribution in [3.63, 3.8) is 0 Å². The number of hydrogen-bond donors (Lipinski definition) is 2. The summed E-state index contributed by atoms with van der Waals surface area (Å²) < 4.78 is 0. The summed E-state index contributed by atoms with van der Waals surface area (Å²) in [6.45, 7) is 2.80. The number of H-pyrrole nitrogens is 1. The molecule has 0 saturated heterocycles. The lowest BCUT2D eigenvalue weighted by molar-refractivity contribution is 0.0976. The summed E-state index contributed by atoms with van der Waals surface area (Å²) >= 11 is 0. The molecule has 5 rings (SSSR count). The van der Waals surface area contributed by atoms with Crippen LogP contribution in [0.1, 0.15) is 28.5 Å². The number of para-hydroxylation sites is 2. The van der Waals surface area contributed by atoms with Gasteiger partial charge in [0, 0.05) is 35.4 Å². The Morgan fingerprint density at radius 3 is 2.83 bits per heavy atom. The number of aromatic nitrogens is 3. The maximum absolute atomic E-state index is 13.0. The summed E-state index contributed by atoms with van der Waals surface area (Å²) in [6.07, 6.45) is 6.98. The van der Waals surface area contributed by atoms with Crippen LogP contribution >= 0.6 is 0 Å². The molecule has 1 atom stereocenters. The summed E-state index contributed by atoms with van der Waals surface area (Å²) in [5.41, 5.74) is 4.94. The van der Waals surface area contributed by atoms with Crippen molar-refractivity contribution in [3.8, 4) is 0 Å². The lowest BCUT2D eigenvalue weighted by Crippen LogP contribution is -2.36. The fraction of sp³-hybridized carbons (Fsp3) is 0.208. The van der Waals surface area contributed by atoms with Gasteiger partial charge >= 0.3 is 0 Å². The molecule has 1 amide bonds. The lowest BCUT2D eigenvalue weighted by Gasteiger charge is -2.22. The molecular formula is C24H23N5O. The highest BCUT2D eigenvalue weighted by Gasteiger charge is 2.31. The molecule has 2 aromatic heterocycles. The largest absolute Gasteiger partial charge is 0.368 e. The van der Waals surface area contributed by atoms with Crippen LogP contribution in [0.4, 0.5) is 11.5 Å². The third-order valence-electron chi connectivity index (χ3n) is 5.67. The van der Waals surface area contributed by atoms with Crippen LogP contribution in [-0.2, 0) is 12.8 Å². The quantitative estimate of drug-likeness (QED) is 0.529. The second-order valence-electron chi connectivity index (χ2n) is 7.68. The molecule has 150 valence electrons. The van der Waals surface area contributed by atoms with Crippen molar-refractivity contribution in [1.82, 2.24) is 15.0 Å². The van der Waals surface area contributed by atoms with Gasteiger partial charge in [-0.15, -0.1) is 0 Å². The molecule has 0 saturated carbocycles. The maximum atomic E-state index is 13.0. The van der Waals surface area contributed by atoms with Crippen LogP contribution in [0.25, 0.3) is 10.9 Å². The van der Waals surface area contributed by atoms with Crippen LogP contribution < -0.4 is 10.2 Å². The van der Waals surface area contributed by atoms with Gasteiger partial charge in [0.05, 0.1) is 12.4 Å². The van der Waals surface area contributed by atoms with Gasteiger partial charge in [0.25, 0.3) is 5.91 Å². The number of anilines is 2. The fourth-order valence-electron chi connectivity index (χ4n) is 4.19. The third kappa shape index (κ3) is 3.30.